The number of aliphatic hydroxyl groups excluding tert-OH is 1. The monoisotopic (exact) mass is 478 g/mol. The lowest BCUT2D eigenvalue weighted by Gasteiger charge is -2.26. The van der Waals surface area contributed by atoms with Crippen LogP contribution in [0, 0.1) is 5.92 Å². The van der Waals surface area contributed by atoms with Crippen LogP contribution in [0.2, 0.25) is 0 Å². The first-order valence-corrected chi connectivity index (χ1v) is 11.5. The van der Waals surface area contributed by atoms with Crippen molar-refractivity contribution in [1.29, 1.82) is 0 Å². The van der Waals surface area contributed by atoms with E-state index in [2.05, 4.69) is 16.0 Å². The Morgan fingerprint density at radius 1 is 0.906 bits per heavy atom. The minimum Gasteiger partial charge on any atom is -0.481 e. The van der Waals surface area contributed by atoms with E-state index >= 15 is 0 Å². The number of aliphatic hydroxyl groups is 1. The highest BCUT2D eigenvalue weighted by Gasteiger charge is 2.33. The number of amides is 3. The normalized spacial score (nSPS) is 15.7. The molecular formula is C19H34N4O8S. The first kappa shape index (κ1) is 29.6. The molecule has 32 heavy (non-hydrogen) atoms. The van der Waals surface area contributed by atoms with E-state index in [0.29, 0.717) is 12.2 Å². The maximum atomic E-state index is 12.6. The number of thioether (sulfide) groups is 1. The van der Waals surface area contributed by atoms with Crippen LogP contribution in [0.3, 0.4) is 0 Å². The van der Waals surface area contributed by atoms with Gasteiger partial charge in [-0.15, -0.1) is 0 Å². The van der Waals surface area contributed by atoms with Crippen LogP contribution in [0.5, 0.6) is 0 Å². The number of rotatable bonds is 15. The van der Waals surface area contributed by atoms with Crippen LogP contribution in [0.4, 0.5) is 0 Å². The highest BCUT2D eigenvalue weighted by molar-refractivity contribution is 7.98. The molecule has 0 radical (unpaired) electrons. The molecule has 5 atom stereocenters. The van der Waals surface area contributed by atoms with Gasteiger partial charge in [0.25, 0.3) is 0 Å². The SMILES string of the molecule is CSCCC(NC(=O)C(NC(=O)C(CC(=O)O)NC(=O)C(N)CC(C)C)C(C)O)C(=O)O. The third kappa shape index (κ3) is 11.3. The van der Waals surface area contributed by atoms with E-state index in [1.54, 1.807) is 6.26 Å². The van der Waals surface area contributed by atoms with E-state index in [9.17, 15) is 34.2 Å². The average molecular weight is 479 g/mol. The molecule has 0 aliphatic carbocycles. The molecule has 0 bridgehead atoms. The molecule has 184 valence electrons. The fourth-order valence-corrected chi connectivity index (χ4v) is 3.16. The van der Waals surface area contributed by atoms with Crippen LogP contribution in [0.25, 0.3) is 0 Å². The van der Waals surface area contributed by atoms with Crippen LogP contribution in [0.15, 0.2) is 0 Å². The molecule has 0 fully saturated rings. The Morgan fingerprint density at radius 3 is 1.91 bits per heavy atom. The molecule has 0 aromatic rings. The maximum Gasteiger partial charge on any atom is 0.326 e. The van der Waals surface area contributed by atoms with Crippen molar-refractivity contribution in [2.75, 3.05) is 12.0 Å². The fraction of sp³-hybridized carbons (Fsp3) is 0.737. The molecule has 0 spiro atoms. The summed E-state index contributed by atoms with van der Waals surface area (Å²) in [4.78, 5) is 59.9. The van der Waals surface area contributed by atoms with Crippen LogP contribution in [0.1, 0.15) is 40.0 Å². The van der Waals surface area contributed by atoms with Crippen molar-refractivity contribution >= 4 is 41.4 Å². The number of nitrogens with one attached hydrogen (secondary N) is 3. The van der Waals surface area contributed by atoms with Gasteiger partial charge in [0, 0.05) is 0 Å². The predicted molar refractivity (Wildman–Crippen MR) is 118 cm³/mol. The third-order valence-corrected chi connectivity index (χ3v) is 5.01. The van der Waals surface area contributed by atoms with Gasteiger partial charge in [0.2, 0.25) is 17.7 Å². The molecule has 12 nitrogen and oxygen atoms in total. The predicted octanol–water partition coefficient (Wildman–Crippen LogP) is -1.49. The fourth-order valence-electron chi connectivity index (χ4n) is 2.69. The van der Waals surface area contributed by atoms with Crippen LogP contribution >= 0.6 is 11.8 Å². The Labute approximate surface area is 191 Å². The number of hydrogen-bond acceptors (Lipinski definition) is 8. The van der Waals surface area contributed by atoms with Gasteiger partial charge in [0.05, 0.1) is 18.6 Å². The van der Waals surface area contributed by atoms with Gasteiger partial charge in [-0.3, -0.25) is 19.2 Å². The van der Waals surface area contributed by atoms with Gasteiger partial charge < -0.3 is 37.0 Å². The molecule has 13 heteroatoms. The first-order valence-electron chi connectivity index (χ1n) is 10.1. The Morgan fingerprint density at radius 2 is 1.47 bits per heavy atom. The summed E-state index contributed by atoms with van der Waals surface area (Å²) in [6.07, 6.45) is -0.0275. The van der Waals surface area contributed by atoms with Crippen molar-refractivity contribution in [1.82, 2.24) is 16.0 Å². The Balaban J connectivity index is 5.39. The van der Waals surface area contributed by atoms with Crippen LogP contribution in [-0.4, -0.2) is 87.3 Å². The number of nitrogens with two attached hydrogens (primary N) is 1. The van der Waals surface area contributed by atoms with Crippen LogP contribution in [-0.2, 0) is 24.0 Å². The summed E-state index contributed by atoms with van der Waals surface area (Å²) in [5.74, 6) is -4.86. The lowest BCUT2D eigenvalue weighted by atomic mass is 10.0. The van der Waals surface area contributed by atoms with Gasteiger partial charge >= 0.3 is 11.9 Å². The smallest absolute Gasteiger partial charge is 0.326 e. The standard InChI is InChI=1S/C19H34N4O8S/c1-9(2)7-11(20)16(27)22-13(8-14(25)26)17(28)23-15(10(3)24)18(29)21-12(19(30)31)5-6-32-4/h9-13,15,24H,5-8,20H2,1-4H3,(H,21,29)(H,22,27)(H,23,28)(H,25,26)(H,30,31). The summed E-state index contributed by atoms with van der Waals surface area (Å²) < 4.78 is 0. The lowest BCUT2D eigenvalue weighted by molar-refractivity contribution is -0.144. The summed E-state index contributed by atoms with van der Waals surface area (Å²) in [6, 6.07) is -5.34. The lowest BCUT2D eigenvalue weighted by Crippen LogP contribution is -2.60. The molecule has 0 aliphatic rings. The molecule has 0 aromatic carbocycles. The summed E-state index contributed by atoms with van der Waals surface area (Å²) in [6.45, 7) is 4.87. The number of carbonyl (C=O) groups excluding carboxylic acids is 3. The molecule has 8 N–H and O–H groups in total. The van der Waals surface area contributed by atoms with Gasteiger partial charge in [-0.2, -0.15) is 11.8 Å². The first-order chi connectivity index (χ1) is 14.8. The van der Waals surface area contributed by atoms with E-state index in [-0.39, 0.29) is 12.3 Å². The zero-order valence-electron chi connectivity index (χ0n) is 18.7. The molecular weight excluding hydrogens is 444 g/mol. The highest BCUT2D eigenvalue weighted by Crippen LogP contribution is 2.06. The number of hydrogen-bond donors (Lipinski definition) is 7. The summed E-state index contributed by atoms with van der Waals surface area (Å²) in [5.41, 5.74) is 5.77. The number of carbonyl (C=O) groups is 5. The molecule has 0 heterocycles. The Bertz CT molecular complexity index is 674. The summed E-state index contributed by atoms with van der Waals surface area (Å²) in [7, 11) is 0. The van der Waals surface area contributed by atoms with Gasteiger partial charge in [-0.25, -0.2) is 4.79 Å². The molecule has 5 unspecified atom stereocenters. The average Bonchev–Trinajstić information content (AvgIpc) is 2.66. The minimum atomic E-state index is -1.57. The van der Waals surface area contributed by atoms with Crippen molar-refractivity contribution in [3.63, 3.8) is 0 Å². The molecule has 3 amide bonds. The van der Waals surface area contributed by atoms with Crippen molar-refractivity contribution in [3.8, 4) is 0 Å². The highest BCUT2D eigenvalue weighted by atomic mass is 32.2. The zero-order chi connectivity index (χ0) is 25.0. The van der Waals surface area contributed by atoms with Gasteiger partial charge in [0.1, 0.15) is 18.1 Å². The maximum absolute atomic E-state index is 12.6. The van der Waals surface area contributed by atoms with Crippen molar-refractivity contribution in [2.45, 2.75) is 70.3 Å². The minimum absolute atomic E-state index is 0.0825. The van der Waals surface area contributed by atoms with E-state index in [1.165, 1.54) is 18.7 Å². The number of carboxylic acids is 2. The van der Waals surface area contributed by atoms with Gasteiger partial charge in [-0.1, -0.05) is 13.8 Å². The summed E-state index contributed by atoms with van der Waals surface area (Å²) >= 11 is 1.38. The number of carboxylic acid groups (broad SMARTS) is 2. The second kappa shape index (κ2) is 14.6. The quantitative estimate of drug-likeness (QED) is 0.145. The molecule has 0 aliphatic heterocycles. The van der Waals surface area contributed by atoms with E-state index in [0.717, 1.165) is 0 Å². The van der Waals surface area contributed by atoms with Crippen molar-refractivity contribution in [2.24, 2.45) is 11.7 Å². The molecule has 0 rings (SSSR count). The molecule has 0 saturated heterocycles. The third-order valence-electron chi connectivity index (χ3n) is 4.36. The van der Waals surface area contributed by atoms with E-state index in [4.69, 9.17) is 10.8 Å². The van der Waals surface area contributed by atoms with E-state index in [1.807, 2.05) is 13.8 Å². The van der Waals surface area contributed by atoms with Crippen molar-refractivity contribution < 1.29 is 39.3 Å². The van der Waals surface area contributed by atoms with Gasteiger partial charge in [0.15, 0.2) is 0 Å². The largest absolute Gasteiger partial charge is 0.481 e. The number of aliphatic carboxylic acids is 2. The molecule has 0 aromatic heterocycles. The summed E-state index contributed by atoms with van der Waals surface area (Å²) in [5, 5.41) is 35.0. The van der Waals surface area contributed by atoms with E-state index < -0.39 is 66.4 Å². The Hall–Kier alpha value is -2.38. The van der Waals surface area contributed by atoms with Crippen molar-refractivity contribution in [3.05, 3.63) is 0 Å². The Kier molecular flexibility index (Phi) is 13.5. The zero-order valence-corrected chi connectivity index (χ0v) is 19.5. The van der Waals surface area contributed by atoms with Crippen LogP contribution < -0.4 is 21.7 Å². The topological polar surface area (TPSA) is 208 Å². The van der Waals surface area contributed by atoms with Gasteiger partial charge in [-0.05, 0) is 37.7 Å². The molecule has 0 saturated carbocycles. The second-order valence-corrected chi connectivity index (χ2v) is 8.79. The second-order valence-electron chi connectivity index (χ2n) is 7.80.